The summed E-state index contributed by atoms with van der Waals surface area (Å²) in [5.41, 5.74) is 0. The number of benzene rings is 1. The van der Waals surface area contributed by atoms with Crippen LogP contribution in [0.4, 0.5) is 8.78 Å². The highest BCUT2D eigenvalue weighted by Gasteiger charge is 2.33. The summed E-state index contributed by atoms with van der Waals surface area (Å²) < 4.78 is 53.1. The summed E-state index contributed by atoms with van der Waals surface area (Å²) in [7, 11) is -4.11. The monoisotopic (exact) mass is 360 g/mol. The van der Waals surface area contributed by atoms with Crippen LogP contribution in [0.1, 0.15) is 26.7 Å². The Balaban J connectivity index is 2.08. The van der Waals surface area contributed by atoms with Gasteiger partial charge in [-0.1, -0.05) is 20.3 Å². The molecule has 0 aromatic heterocycles. The third-order valence-electron chi connectivity index (χ3n) is 4.20. The first kappa shape index (κ1) is 18.8. The number of rotatable bonds is 5. The fourth-order valence-electron chi connectivity index (χ4n) is 2.83. The maximum atomic E-state index is 13.8. The van der Waals surface area contributed by atoms with Crippen molar-refractivity contribution in [1.82, 2.24) is 9.21 Å². The van der Waals surface area contributed by atoms with E-state index in [9.17, 15) is 22.0 Å². The van der Waals surface area contributed by atoms with E-state index in [-0.39, 0.29) is 38.0 Å². The van der Waals surface area contributed by atoms with Crippen molar-refractivity contribution < 1.29 is 22.0 Å². The number of piperazine rings is 1. The van der Waals surface area contributed by atoms with Gasteiger partial charge < -0.3 is 4.90 Å². The summed E-state index contributed by atoms with van der Waals surface area (Å²) in [6, 6.07) is 2.36. The maximum absolute atomic E-state index is 13.8. The second-order valence-electron chi connectivity index (χ2n) is 5.99. The van der Waals surface area contributed by atoms with E-state index in [2.05, 4.69) is 0 Å². The average molecular weight is 360 g/mol. The van der Waals surface area contributed by atoms with Crippen LogP contribution in [0.2, 0.25) is 0 Å². The summed E-state index contributed by atoms with van der Waals surface area (Å²) in [6.45, 7) is 4.51. The molecule has 1 aromatic rings. The topological polar surface area (TPSA) is 57.7 Å². The number of nitrogens with zero attached hydrogens (tertiary/aromatic N) is 2. The fourth-order valence-corrected chi connectivity index (χ4v) is 4.33. The van der Waals surface area contributed by atoms with Gasteiger partial charge in [0.05, 0.1) is 0 Å². The molecule has 0 saturated carbocycles. The molecule has 0 N–H and O–H groups in total. The van der Waals surface area contributed by atoms with Gasteiger partial charge >= 0.3 is 0 Å². The molecular formula is C16H22F2N2O3S. The van der Waals surface area contributed by atoms with Gasteiger partial charge in [-0.05, 0) is 24.6 Å². The molecule has 2 rings (SSSR count). The highest BCUT2D eigenvalue weighted by molar-refractivity contribution is 7.89. The van der Waals surface area contributed by atoms with E-state index < -0.39 is 26.6 Å². The smallest absolute Gasteiger partial charge is 0.246 e. The summed E-state index contributed by atoms with van der Waals surface area (Å²) in [4.78, 5) is 13.2. The minimum atomic E-state index is -4.11. The van der Waals surface area contributed by atoms with Gasteiger partial charge in [-0.3, -0.25) is 4.79 Å². The van der Waals surface area contributed by atoms with Gasteiger partial charge in [-0.2, -0.15) is 4.31 Å². The molecule has 1 aromatic carbocycles. The SMILES string of the molecule is CCCC(C)C(=O)N1CCN(S(=O)(=O)c2cc(F)ccc2F)CC1. The van der Waals surface area contributed by atoms with Crippen molar-refractivity contribution in [2.24, 2.45) is 5.92 Å². The number of amides is 1. The Kier molecular flexibility index (Phi) is 5.92. The molecule has 24 heavy (non-hydrogen) atoms. The van der Waals surface area contributed by atoms with E-state index in [1.165, 1.54) is 0 Å². The third-order valence-corrected chi connectivity index (χ3v) is 6.12. The Hall–Kier alpha value is -1.54. The predicted molar refractivity (Wildman–Crippen MR) is 85.8 cm³/mol. The Morgan fingerprint density at radius 3 is 2.42 bits per heavy atom. The van der Waals surface area contributed by atoms with Crippen molar-refractivity contribution in [3.05, 3.63) is 29.8 Å². The van der Waals surface area contributed by atoms with Crippen molar-refractivity contribution in [2.45, 2.75) is 31.6 Å². The first-order valence-electron chi connectivity index (χ1n) is 8.01. The summed E-state index contributed by atoms with van der Waals surface area (Å²) >= 11 is 0. The van der Waals surface area contributed by atoms with Crippen LogP contribution < -0.4 is 0 Å². The van der Waals surface area contributed by atoms with Gasteiger partial charge in [0.1, 0.15) is 16.5 Å². The summed E-state index contributed by atoms with van der Waals surface area (Å²) in [5.74, 6) is -1.88. The largest absolute Gasteiger partial charge is 0.340 e. The van der Waals surface area contributed by atoms with Crippen LogP contribution in [0.15, 0.2) is 23.1 Å². The number of carbonyl (C=O) groups is 1. The quantitative estimate of drug-likeness (QED) is 0.809. The Morgan fingerprint density at radius 2 is 1.83 bits per heavy atom. The first-order chi connectivity index (χ1) is 11.3. The lowest BCUT2D eigenvalue weighted by atomic mass is 10.0. The van der Waals surface area contributed by atoms with Crippen LogP contribution >= 0.6 is 0 Å². The average Bonchev–Trinajstić information content (AvgIpc) is 2.56. The molecule has 0 spiro atoms. The summed E-state index contributed by atoms with van der Waals surface area (Å²) in [5, 5.41) is 0. The Labute approximate surface area is 141 Å². The van der Waals surface area contributed by atoms with Gasteiger partial charge in [0.2, 0.25) is 15.9 Å². The third kappa shape index (κ3) is 3.92. The van der Waals surface area contributed by atoms with Crippen molar-refractivity contribution in [3.63, 3.8) is 0 Å². The zero-order valence-electron chi connectivity index (χ0n) is 13.8. The van der Waals surface area contributed by atoms with Crippen molar-refractivity contribution in [1.29, 1.82) is 0 Å². The van der Waals surface area contributed by atoms with E-state index in [0.717, 1.165) is 29.3 Å². The molecule has 1 fully saturated rings. The van der Waals surface area contributed by atoms with Gasteiger partial charge in [0.15, 0.2) is 0 Å². The van der Waals surface area contributed by atoms with Crippen LogP contribution in [0.5, 0.6) is 0 Å². The number of hydrogen-bond acceptors (Lipinski definition) is 3. The van der Waals surface area contributed by atoms with E-state index in [1.54, 1.807) is 4.90 Å². The van der Waals surface area contributed by atoms with Crippen LogP contribution in [-0.2, 0) is 14.8 Å². The zero-order valence-corrected chi connectivity index (χ0v) is 14.7. The minimum absolute atomic E-state index is 0.00540. The number of carbonyl (C=O) groups excluding carboxylic acids is 1. The van der Waals surface area contributed by atoms with Gasteiger partial charge in [-0.25, -0.2) is 17.2 Å². The molecule has 0 aliphatic carbocycles. The lowest BCUT2D eigenvalue weighted by Crippen LogP contribution is -2.51. The van der Waals surface area contributed by atoms with Crippen LogP contribution in [0.25, 0.3) is 0 Å². The van der Waals surface area contributed by atoms with E-state index >= 15 is 0 Å². The molecule has 1 heterocycles. The van der Waals surface area contributed by atoms with Crippen molar-refractivity contribution in [2.75, 3.05) is 26.2 Å². The van der Waals surface area contributed by atoms with Crippen molar-refractivity contribution in [3.8, 4) is 0 Å². The fraction of sp³-hybridized carbons (Fsp3) is 0.562. The minimum Gasteiger partial charge on any atom is -0.340 e. The second kappa shape index (κ2) is 7.57. The lowest BCUT2D eigenvalue weighted by Gasteiger charge is -2.35. The molecule has 1 saturated heterocycles. The van der Waals surface area contributed by atoms with E-state index in [1.807, 2.05) is 13.8 Å². The molecule has 1 aliphatic rings. The predicted octanol–water partition coefficient (Wildman–Crippen LogP) is 2.23. The lowest BCUT2D eigenvalue weighted by molar-refractivity contribution is -0.136. The van der Waals surface area contributed by atoms with Crippen LogP contribution in [0, 0.1) is 17.6 Å². The number of sulfonamides is 1. The molecule has 1 aliphatic heterocycles. The second-order valence-corrected chi connectivity index (χ2v) is 7.90. The highest BCUT2D eigenvalue weighted by Crippen LogP contribution is 2.22. The van der Waals surface area contributed by atoms with Gasteiger partial charge in [0, 0.05) is 32.1 Å². The highest BCUT2D eigenvalue weighted by atomic mass is 32.2. The number of halogens is 2. The van der Waals surface area contributed by atoms with E-state index in [0.29, 0.717) is 6.07 Å². The first-order valence-corrected chi connectivity index (χ1v) is 9.45. The van der Waals surface area contributed by atoms with E-state index in [4.69, 9.17) is 0 Å². The molecule has 0 bridgehead atoms. The molecule has 1 amide bonds. The number of hydrogen-bond donors (Lipinski definition) is 0. The Morgan fingerprint density at radius 1 is 1.21 bits per heavy atom. The molecular weight excluding hydrogens is 338 g/mol. The molecule has 134 valence electrons. The van der Waals surface area contributed by atoms with Crippen LogP contribution in [-0.4, -0.2) is 49.7 Å². The molecule has 1 atom stereocenters. The molecule has 0 radical (unpaired) electrons. The van der Waals surface area contributed by atoms with Gasteiger partial charge in [-0.15, -0.1) is 0 Å². The van der Waals surface area contributed by atoms with Gasteiger partial charge in [0.25, 0.3) is 0 Å². The maximum Gasteiger partial charge on any atom is 0.246 e. The normalized spacial score (nSPS) is 17.8. The molecule has 5 nitrogen and oxygen atoms in total. The summed E-state index contributed by atoms with van der Waals surface area (Å²) in [6.07, 6.45) is 1.69. The standard InChI is InChI=1S/C16H22F2N2O3S/c1-3-4-12(2)16(21)19-7-9-20(10-8-19)24(22,23)15-11-13(17)5-6-14(15)18/h5-6,11-12H,3-4,7-10H2,1-2H3. The molecule has 1 unspecified atom stereocenters. The van der Waals surface area contributed by atoms with Crippen molar-refractivity contribution >= 4 is 15.9 Å². The zero-order chi connectivity index (χ0) is 17.9. The molecule has 8 heteroatoms. The van der Waals surface area contributed by atoms with Crippen LogP contribution in [0.3, 0.4) is 0 Å². The Bertz CT molecular complexity index is 701.